The van der Waals surface area contributed by atoms with E-state index in [1.807, 2.05) is 0 Å². The number of carbonyl (C=O) groups is 1. The van der Waals surface area contributed by atoms with Gasteiger partial charge in [0.2, 0.25) is 0 Å². The molecule has 0 radical (unpaired) electrons. The monoisotopic (exact) mass is 157 g/mol. The Hall–Kier alpha value is -0.900. The van der Waals surface area contributed by atoms with Crippen LogP contribution in [0.1, 0.15) is 6.42 Å². The van der Waals surface area contributed by atoms with Gasteiger partial charge in [0, 0.05) is 13.3 Å². The fourth-order valence-electron chi connectivity index (χ4n) is 0.575. The zero-order chi connectivity index (χ0) is 8.10. The van der Waals surface area contributed by atoms with Gasteiger partial charge in [-0.2, -0.15) is 0 Å². The van der Waals surface area contributed by atoms with Gasteiger partial charge in [-0.3, -0.25) is 4.79 Å². The van der Waals surface area contributed by atoms with E-state index in [-0.39, 0.29) is 18.5 Å². The molecule has 1 heterocycles. The van der Waals surface area contributed by atoms with E-state index in [9.17, 15) is 4.79 Å². The first-order chi connectivity index (χ1) is 5.33. The summed E-state index contributed by atoms with van der Waals surface area (Å²) in [5.74, 6) is -0.244. The molecule has 0 amide bonds. The minimum Gasteiger partial charge on any atom is -0.463 e. The van der Waals surface area contributed by atoms with Gasteiger partial charge in [0.05, 0.1) is 13.0 Å². The maximum atomic E-state index is 10.8. The number of carbonyl (C=O) groups excluding carboxylic acids is 1. The molecule has 1 unspecified atom stereocenters. The van der Waals surface area contributed by atoms with E-state index < -0.39 is 0 Å². The maximum Gasteiger partial charge on any atom is 0.311 e. The van der Waals surface area contributed by atoms with Gasteiger partial charge in [0.25, 0.3) is 0 Å². The zero-order valence-electron chi connectivity index (χ0n) is 6.45. The number of nitrogens with zero attached hydrogens (tertiary/aromatic N) is 1. The van der Waals surface area contributed by atoms with Crippen LogP contribution in [0.2, 0.25) is 0 Å². The summed E-state index contributed by atoms with van der Waals surface area (Å²) >= 11 is 0. The molecule has 0 spiro atoms. The second-order valence-electron chi connectivity index (χ2n) is 2.28. The molecular formula is C7H11NO3. The first kappa shape index (κ1) is 8.20. The van der Waals surface area contributed by atoms with Crippen molar-refractivity contribution in [3.8, 4) is 0 Å². The fraction of sp³-hybridized carbons (Fsp3) is 0.714. The van der Waals surface area contributed by atoms with E-state index in [0.29, 0.717) is 6.61 Å². The molecule has 0 aromatic carbocycles. The van der Waals surface area contributed by atoms with Gasteiger partial charge in [-0.1, -0.05) is 0 Å². The predicted molar refractivity (Wildman–Crippen MR) is 39.7 cm³/mol. The zero-order valence-corrected chi connectivity index (χ0v) is 6.45. The number of rotatable bonds is 4. The van der Waals surface area contributed by atoms with Crippen LogP contribution in [0.3, 0.4) is 0 Å². The first-order valence-corrected chi connectivity index (χ1v) is 3.51. The van der Waals surface area contributed by atoms with Gasteiger partial charge < -0.3 is 14.5 Å². The molecule has 11 heavy (non-hydrogen) atoms. The summed E-state index contributed by atoms with van der Waals surface area (Å²) in [4.78, 5) is 14.4. The Bertz CT molecular complexity index is 163. The molecule has 1 rings (SSSR count). The van der Waals surface area contributed by atoms with Crippen LogP contribution < -0.4 is 0 Å². The van der Waals surface area contributed by atoms with Crippen LogP contribution >= 0.6 is 0 Å². The molecule has 4 nitrogen and oxygen atoms in total. The van der Waals surface area contributed by atoms with Crippen molar-refractivity contribution in [2.75, 3.05) is 20.3 Å². The van der Waals surface area contributed by atoms with Crippen molar-refractivity contribution in [3.05, 3.63) is 0 Å². The third-order valence-electron chi connectivity index (χ3n) is 1.27. The fourth-order valence-corrected chi connectivity index (χ4v) is 0.575. The van der Waals surface area contributed by atoms with Crippen LogP contribution in [0, 0.1) is 0 Å². The Morgan fingerprint density at radius 2 is 2.64 bits per heavy atom. The van der Waals surface area contributed by atoms with E-state index in [1.54, 1.807) is 7.05 Å². The van der Waals surface area contributed by atoms with Gasteiger partial charge in [-0.25, -0.2) is 0 Å². The van der Waals surface area contributed by atoms with Gasteiger partial charge in [-0.05, 0) is 0 Å². The third-order valence-corrected chi connectivity index (χ3v) is 1.27. The van der Waals surface area contributed by atoms with Crippen LogP contribution in [-0.2, 0) is 14.3 Å². The van der Waals surface area contributed by atoms with Crippen molar-refractivity contribution in [1.82, 2.24) is 0 Å². The number of hydrogen-bond donors (Lipinski definition) is 0. The Kier molecular flexibility index (Phi) is 3.04. The summed E-state index contributed by atoms with van der Waals surface area (Å²) in [5, 5.41) is 0. The lowest BCUT2D eigenvalue weighted by atomic mass is 10.4. The average Bonchev–Trinajstić information content (AvgIpc) is 2.80. The molecule has 1 atom stereocenters. The summed E-state index contributed by atoms with van der Waals surface area (Å²) < 4.78 is 9.67. The number of esters is 1. The molecule has 62 valence electrons. The number of ether oxygens (including phenoxy) is 2. The lowest BCUT2D eigenvalue weighted by Crippen LogP contribution is -2.09. The van der Waals surface area contributed by atoms with Crippen molar-refractivity contribution in [2.24, 2.45) is 4.99 Å². The summed E-state index contributed by atoms with van der Waals surface area (Å²) in [6.07, 6.45) is 1.93. The van der Waals surface area contributed by atoms with Gasteiger partial charge in [0.1, 0.15) is 12.7 Å². The second kappa shape index (κ2) is 4.08. The van der Waals surface area contributed by atoms with Gasteiger partial charge in [0.15, 0.2) is 0 Å². The molecule has 1 saturated heterocycles. The topological polar surface area (TPSA) is 51.2 Å². The smallest absolute Gasteiger partial charge is 0.311 e. The molecular weight excluding hydrogens is 146 g/mol. The molecule has 0 saturated carbocycles. The summed E-state index contributed by atoms with van der Waals surface area (Å²) in [7, 11) is 1.62. The number of epoxide rings is 1. The minimum atomic E-state index is -0.244. The molecule has 0 aliphatic carbocycles. The third kappa shape index (κ3) is 3.72. The average molecular weight is 157 g/mol. The molecule has 1 aliphatic rings. The molecule has 0 aromatic rings. The van der Waals surface area contributed by atoms with Crippen molar-refractivity contribution in [2.45, 2.75) is 12.5 Å². The van der Waals surface area contributed by atoms with E-state index >= 15 is 0 Å². The second-order valence-corrected chi connectivity index (χ2v) is 2.28. The highest BCUT2D eigenvalue weighted by Gasteiger charge is 2.23. The van der Waals surface area contributed by atoms with Crippen LogP contribution in [0.25, 0.3) is 0 Å². The van der Waals surface area contributed by atoms with E-state index in [0.717, 1.165) is 6.61 Å². The van der Waals surface area contributed by atoms with Crippen molar-refractivity contribution in [1.29, 1.82) is 0 Å². The number of aliphatic imine (C=N–C) groups is 1. The highest BCUT2D eigenvalue weighted by molar-refractivity contribution is 5.85. The Balaban J connectivity index is 2.00. The lowest BCUT2D eigenvalue weighted by molar-refractivity contribution is -0.142. The Morgan fingerprint density at radius 3 is 3.18 bits per heavy atom. The quantitative estimate of drug-likeness (QED) is 0.328. The largest absolute Gasteiger partial charge is 0.463 e. The van der Waals surface area contributed by atoms with Crippen molar-refractivity contribution in [3.63, 3.8) is 0 Å². The summed E-state index contributed by atoms with van der Waals surface area (Å²) in [5.41, 5.74) is 0. The highest BCUT2D eigenvalue weighted by atomic mass is 16.6. The SMILES string of the molecule is C/N=C/CC(=O)OCC1CO1. The maximum absolute atomic E-state index is 10.8. The number of hydrogen-bond acceptors (Lipinski definition) is 4. The lowest BCUT2D eigenvalue weighted by Gasteiger charge is -1.97. The van der Waals surface area contributed by atoms with E-state index in [2.05, 4.69) is 4.99 Å². The molecule has 4 heteroatoms. The Morgan fingerprint density at radius 1 is 1.91 bits per heavy atom. The minimum absolute atomic E-state index is 0.150. The van der Waals surface area contributed by atoms with Crippen molar-refractivity contribution < 1.29 is 14.3 Å². The van der Waals surface area contributed by atoms with Gasteiger partial charge >= 0.3 is 5.97 Å². The van der Waals surface area contributed by atoms with Crippen LogP contribution in [0.4, 0.5) is 0 Å². The van der Waals surface area contributed by atoms with Crippen molar-refractivity contribution >= 4 is 12.2 Å². The summed E-state index contributed by atoms with van der Waals surface area (Å²) in [6.45, 7) is 1.10. The molecule has 0 bridgehead atoms. The Labute approximate surface area is 65.2 Å². The molecule has 0 aromatic heterocycles. The van der Waals surface area contributed by atoms with Crippen LogP contribution in [0.15, 0.2) is 4.99 Å². The van der Waals surface area contributed by atoms with Crippen LogP contribution in [0.5, 0.6) is 0 Å². The molecule has 0 N–H and O–H groups in total. The predicted octanol–water partition coefficient (Wildman–Crippen LogP) is 0.0191. The van der Waals surface area contributed by atoms with Crippen LogP contribution in [-0.4, -0.2) is 38.5 Å². The molecule has 1 aliphatic heterocycles. The highest BCUT2D eigenvalue weighted by Crippen LogP contribution is 2.08. The van der Waals surface area contributed by atoms with Gasteiger partial charge in [-0.15, -0.1) is 0 Å². The molecule has 1 fully saturated rings. The van der Waals surface area contributed by atoms with E-state index in [4.69, 9.17) is 9.47 Å². The standard InChI is InChI=1S/C7H11NO3/c1-8-3-2-7(9)11-5-6-4-10-6/h3,6H,2,4-5H2,1H3/b8-3+. The van der Waals surface area contributed by atoms with E-state index in [1.165, 1.54) is 6.21 Å². The first-order valence-electron chi connectivity index (χ1n) is 3.51. The normalized spacial score (nSPS) is 22.1. The summed E-state index contributed by atoms with van der Waals surface area (Å²) in [6, 6.07) is 0.